The first-order chi connectivity index (χ1) is 27.7. The molecule has 11 nitrogen and oxygen atoms in total. The molecule has 0 unspecified atom stereocenters. The Labute approximate surface area is 334 Å². The van der Waals surface area contributed by atoms with Crippen LogP contribution in [-0.4, -0.2) is 51.0 Å². The number of carbonyl (C=O) groups is 3. The number of nitrogens with zero attached hydrogens (tertiary/aromatic N) is 5. The Morgan fingerprint density at radius 3 is 2.04 bits per heavy atom. The Hall–Kier alpha value is -5.94. The van der Waals surface area contributed by atoms with Crippen LogP contribution < -0.4 is 20.4 Å². The van der Waals surface area contributed by atoms with E-state index in [4.69, 9.17) is 9.72 Å². The topological polar surface area (TPSA) is 112 Å². The maximum atomic E-state index is 13.0. The molecule has 0 fully saturated rings. The van der Waals surface area contributed by atoms with Gasteiger partial charge in [0.25, 0.3) is 0 Å². The lowest BCUT2D eigenvalue weighted by Crippen LogP contribution is -2.44. The number of amides is 3. The van der Waals surface area contributed by atoms with Gasteiger partial charge >= 0.3 is 6.09 Å². The number of anilines is 4. The summed E-state index contributed by atoms with van der Waals surface area (Å²) in [7, 11) is 0. The second kappa shape index (κ2) is 16.3. The number of aromatic nitrogens is 2. The van der Waals surface area contributed by atoms with Crippen LogP contribution in [0.5, 0.6) is 0 Å². The van der Waals surface area contributed by atoms with Gasteiger partial charge in [-0.25, -0.2) is 9.78 Å². The second-order valence-corrected chi connectivity index (χ2v) is 15.5. The lowest BCUT2D eigenvalue weighted by atomic mass is 9.91. The zero-order chi connectivity index (χ0) is 39.6. The van der Waals surface area contributed by atoms with E-state index in [9.17, 15) is 14.4 Å². The van der Waals surface area contributed by atoms with Crippen molar-refractivity contribution in [1.29, 1.82) is 0 Å². The lowest BCUT2D eigenvalue weighted by Gasteiger charge is -2.40. The fourth-order valence-electron chi connectivity index (χ4n) is 8.66. The van der Waals surface area contributed by atoms with Crippen molar-refractivity contribution in [3.8, 4) is 11.3 Å². The minimum atomic E-state index is -0.517. The average Bonchev–Trinajstić information content (AvgIpc) is 3.65. The number of benzene rings is 4. The quantitative estimate of drug-likeness (QED) is 0.154. The Kier molecular flexibility index (Phi) is 10.8. The van der Waals surface area contributed by atoms with Gasteiger partial charge in [0.2, 0.25) is 11.8 Å². The van der Waals surface area contributed by atoms with Crippen molar-refractivity contribution >= 4 is 40.7 Å². The van der Waals surface area contributed by atoms with Crippen LogP contribution >= 0.6 is 0 Å². The normalized spacial score (nSPS) is 20.2. The third kappa shape index (κ3) is 7.89. The van der Waals surface area contributed by atoms with Crippen molar-refractivity contribution < 1.29 is 19.1 Å². The van der Waals surface area contributed by atoms with Gasteiger partial charge in [0, 0.05) is 85.4 Å². The zero-order valence-electron chi connectivity index (χ0n) is 33.2. The summed E-state index contributed by atoms with van der Waals surface area (Å²) in [5.74, 6) is 1.26. The lowest BCUT2D eigenvalue weighted by molar-refractivity contribution is -0.119. The monoisotopic (exact) mass is 765 g/mol. The Morgan fingerprint density at radius 1 is 0.737 bits per heavy atom. The van der Waals surface area contributed by atoms with Crippen LogP contribution in [0.1, 0.15) is 88.0 Å². The highest BCUT2D eigenvalue weighted by molar-refractivity contribution is 5.96. The van der Waals surface area contributed by atoms with Gasteiger partial charge in [0.1, 0.15) is 11.9 Å². The highest BCUT2D eigenvalue weighted by Crippen LogP contribution is 2.41. The van der Waals surface area contributed by atoms with Gasteiger partial charge in [0.05, 0.1) is 24.0 Å². The molecule has 2 N–H and O–H groups in total. The van der Waals surface area contributed by atoms with E-state index >= 15 is 0 Å². The predicted molar refractivity (Wildman–Crippen MR) is 224 cm³/mol. The molecule has 1 aromatic heterocycles. The van der Waals surface area contributed by atoms with Gasteiger partial charge < -0.3 is 24.4 Å². The average molecular weight is 766 g/mol. The van der Waals surface area contributed by atoms with E-state index in [0.29, 0.717) is 24.9 Å². The molecule has 0 spiro atoms. The molecule has 11 heteroatoms. The third-order valence-electron chi connectivity index (χ3n) is 11.5. The van der Waals surface area contributed by atoms with Crippen LogP contribution in [0.3, 0.4) is 0 Å². The number of carbonyl (C=O) groups excluding carboxylic acids is 3. The summed E-state index contributed by atoms with van der Waals surface area (Å²) in [5.41, 5.74) is 8.68. The number of ether oxygens (including phenoxy) is 1. The molecule has 3 aliphatic heterocycles. The number of rotatable bonds is 9. The van der Waals surface area contributed by atoms with E-state index in [1.54, 1.807) is 0 Å². The van der Waals surface area contributed by atoms with Crippen LogP contribution in [0.2, 0.25) is 0 Å². The summed E-state index contributed by atoms with van der Waals surface area (Å²) >= 11 is 0. The van der Waals surface area contributed by atoms with Crippen LogP contribution in [0, 0.1) is 0 Å². The first kappa shape index (κ1) is 38.0. The Morgan fingerprint density at radius 2 is 1.35 bits per heavy atom. The summed E-state index contributed by atoms with van der Waals surface area (Å²) in [6.45, 7) is 11.2. The zero-order valence-corrected chi connectivity index (χ0v) is 33.2. The maximum Gasteiger partial charge on any atom is 0.412 e. The summed E-state index contributed by atoms with van der Waals surface area (Å²) in [5, 5.41) is 6.63. The van der Waals surface area contributed by atoms with E-state index in [1.165, 1.54) is 0 Å². The summed E-state index contributed by atoms with van der Waals surface area (Å²) in [6, 6.07) is 32.4. The van der Waals surface area contributed by atoms with Crippen LogP contribution in [0.15, 0.2) is 103 Å². The first-order valence-corrected chi connectivity index (χ1v) is 20.2. The minimum absolute atomic E-state index is 0.0603. The highest BCUT2D eigenvalue weighted by Gasteiger charge is 2.35. The van der Waals surface area contributed by atoms with Crippen molar-refractivity contribution in [3.05, 3.63) is 126 Å². The van der Waals surface area contributed by atoms with E-state index < -0.39 is 12.2 Å². The fourth-order valence-corrected chi connectivity index (χ4v) is 8.66. The van der Waals surface area contributed by atoms with Crippen LogP contribution in [0.4, 0.5) is 27.5 Å². The molecule has 0 bridgehead atoms. The summed E-state index contributed by atoms with van der Waals surface area (Å²) in [6.07, 6.45) is 3.47. The Bertz CT molecular complexity index is 2250. The number of imidazole rings is 1. The molecule has 0 saturated heterocycles. The number of para-hydroxylation sites is 2. The predicted octanol–water partition coefficient (Wildman–Crippen LogP) is 9.08. The van der Waals surface area contributed by atoms with E-state index in [0.717, 1.165) is 83.4 Å². The first-order valence-electron chi connectivity index (χ1n) is 20.2. The van der Waals surface area contributed by atoms with Gasteiger partial charge in [-0.15, -0.1) is 0 Å². The SMILES string of the molecule is CCC(=O)N1c2ccccc2[C@H](Nc2ccc(-c3cn4c(n3)CN(Cc3ccc(NC(=O)O[C@@H]5C[C@H](C)N(C(=O)CC)c6ccccc65)cc3)CC4)cc2)C[C@@H]1C. The number of hydrogen-bond donors (Lipinski definition) is 2. The van der Waals surface area contributed by atoms with Gasteiger partial charge in [-0.3, -0.25) is 19.8 Å². The van der Waals surface area contributed by atoms with E-state index in [2.05, 4.69) is 69.6 Å². The molecule has 4 aromatic carbocycles. The van der Waals surface area contributed by atoms with Gasteiger partial charge in [0.15, 0.2) is 0 Å². The number of fused-ring (bicyclic) bond motifs is 3. The minimum Gasteiger partial charge on any atom is -0.441 e. The molecule has 3 aliphatic rings. The number of nitrogens with one attached hydrogen (secondary N) is 2. The van der Waals surface area contributed by atoms with Crippen LogP contribution in [0.25, 0.3) is 11.3 Å². The van der Waals surface area contributed by atoms with E-state index in [-0.39, 0.29) is 29.9 Å². The van der Waals surface area contributed by atoms with E-state index in [1.807, 2.05) is 91.2 Å². The van der Waals surface area contributed by atoms with Gasteiger partial charge in [-0.05, 0) is 67.8 Å². The molecule has 4 heterocycles. The van der Waals surface area contributed by atoms with Crippen molar-refractivity contribution in [2.75, 3.05) is 27.0 Å². The summed E-state index contributed by atoms with van der Waals surface area (Å²) in [4.78, 5) is 49.7. The van der Waals surface area contributed by atoms with Crippen molar-refractivity contribution in [1.82, 2.24) is 14.5 Å². The summed E-state index contributed by atoms with van der Waals surface area (Å²) < 4.78 is 8.17. The molecular formula is C46H51N7O4. The van der Waals surface area contributed by atoms with Crippen molar-refractivity contribution in [2.45, 2.75) is 97.2 Å². The third-order valence-corrected chi connectivity index (χ3v) is 11.5. The molecule has 4 atom stereocenters. The molecule has 8 rings (SSSR count). The molecule has 5 aromatic rings. The van der Waals surface area contributed by atoms with Crippen molar-refractivity contribution in [2.24, 2.45) is 0 Å². The van der Waals surface area contributed by atoms with Gasteiger partial charge in [-0.2, -0.15) is 0 Å². The molecule has 0 radical (unpaired) electrons. The maximum absolute atomic E-state index is 13.0. The molecule has 0 saturated carbocycles. The highest BCUT2D eigenvalue weighted by atomic mass is 16.6. The largest absolute Gasteiger partial charge is 0.441 e. The van der Waals surface area contributed by atoms with Crippen LogP contribution in [-0.2, 0) is 34.0 Å². The molecule has 3 amide bonds. The van der Waals surface area contributed by atoms with Gasteiger partial charge in [-0.1, -0.05) is 74.5 Å². The standard InChI is InChI=1S/C46H51N7O4/c1-5-44(54)52-30(3)25-38(36-11-7-9-13-40(36)52)47-34-21-17-33(18-22-34)39-28-51-24-23-50(29-43(51)49-39)27-32-15-19-35(20-16-32)48-46(56)57-42-26-31(4)53(45(55)6-2)41-14-10-8-12-37(41)42/h7-22,28,30-31,38,42,47H,5-6,23-27,29H2,1-4H3,(H,48,56)/t30-,31-,38+,42+/m0/s1. The molecule has 294 valence electrons. The molecular weight excluding hydrogens is 715 g/mol. The van der Waals surface area contributed by atoms with Crippen molar-refractivity contribution in [3.63, 3.8) is 0 Å². The molecule has 57 heavy (non-hydrogen) atoms. The smallest absolute Gasteiger partial charge is 0.412 e. The fraction of sp³-hybridized carbons (Fsp3) is 0.348. The molecule has 0 aliphatic carbocycles. The Balaban J connectivity index is 0.854. The second-order valence-electron chi connectivity index (χ2n) is 15.5. The number of hydrogen-bond acceptors (Lipinski definition) is 7.